The highest BCUT2D eigenvalue weighted by molar-refractivity contribution is 7.09. The third-order valence-electron chi connectivity index (χ3n) is 3.70. The van der Waals surface area contributed by atoms with Gasteiger partial charge in [-0.25, -0.2) is 4.98 Å². The van der Waals surface area contributed by atoms with Crippen LogP contribution in [0.3, 0.4) is 0 Å². The van der Waals surface area contributed by atoms with Crippen LogP contribution in [-0.2, 0) is 12.0 Å². The molecule has 0 aliphatic rings. The molecule has 0 aliphatic carbocycles. The van der Waals surface area contributed by atoms with E-state index in [1.54, 1.807) is 11.3 Å². The fourth-order valence-electron chi connectivity index (χ4n) is 2.46. The first-order valence-corrected chi connectivity index (χ1v) is 7.35. The second-order valence-corrected chi connectivity index (χ2v) is 5.36. The van der Waals surface area contributed by atoms with Crippen LogP contribution >= 0.6 is 11.3 Å². The predicted molar refractivity (Wildman–Crippen MR) is 77.8 cm³/mol. The Kier molecular flexibility index (Phi) is 4.15. The molecule has 0 bridgehead atoms. The van der Waals surface area contributed by atoms with Gasteiger partial charge in [-0.3, -0.25) is 0 Å². The number of hydrogen-bond donors (Lipinski definition) is 1. The van der Waals surface area contributed by atoms with Crippen molar-refractivity contribution < 1.29 is 0 Å². The molecule has 0 aliphatic heterocycles. The lowest BCUT2D eigenvalue weighted by Crippen LogP contribution is -2.26. The average molecular weight is 260 g/mol. The van der Waals surface area contributed by atoms with E-state index in [1.807, 2.05) is 0 Å². The standard InChI is InChI=1S/C15H20N2S/c1-3-15(4-2,12-8-6-5-7-9-12)14-17-13(10-16)11-18-14/h5-9,11H,3-4,10,16H2,1-2H3. The van der Waals surface area contributed by atoms with Crippen LogP contribution in [0.25, 0.3) is 0 Å². The van der Waals surface area contributed by atoms with Crippen LogP contribution in [0.1, 0.15) is 43.0 Å². The Labute approximate surface area is 113 Å². The highest BCUT2D eigenvalue weighted by Gasteiger charge is 2.33. The monoisotopic (exact) mass is 260 g/mol. The van der Waals surface area contributed by atoms with E-state index in [0.29, 0.717) is 6.54 Å². The Hall–Kier alpha value is -1.19. The van der Waals surface area contributed by atoms with E-state index in [4.69, 9.17) is 10.7 Å². The number of nitrogens with zero attached hydrogens (tertiary/aromatic N) is 1. The van der Waals surface area contributed by atoms with Gasteiger partial charge < -0.3 is 5.73 Å². The molecule has 2 aromatic rings. The zero-order valence-electron chi connectivity index (χ0n) is 11.0. The molecule has 0 radical (unpaired) electrons. The van der Waals surface area contributed by atoms with Gasteiger partial charge in [0.15, 0.2) is 0 Å². The Morgan fingerprint density at radius 3 is 2.33 bits per heavy atom. The molecule has 2 nitrogen and oxygen atoms in total. The molecular weight excluding hydrogens is 240 g/mol. The molecule has 2 rings (SSSR count). The molecule has 18 heavy (non-hydrogen) atoms. The summed E-state index contributed by atoms with van der Waals surface area (Å²) in [7, 11) is 0. The number of nitrogens with two attached hydrogens (primary N) is 1. The van der Waals surface area contributed by atoms with Gasteiger partial charge in [-0.15, -0.1) is 11.3 Å². The smallest absolute Gasteiger partial charge is 0.103 e. The molecule has 0 saturated heterocycles. The van der Waals surface area contributed by atoms with Crippen molar-refractivity contribution in [2.75, 3.05) is 0 Å². The largest absolute Gasteiger partial charge is 0.325 e. The van der Waals surface area contributed by atoms with Gasteiger partial charge >= 0.3 is 0 Å². The lowest BCUT2D eigenvalue weighted by atomic mass is 9.76. The maximum atomic E-state index is 5.67. The Bertz CT molecular complexity index is 486. The topological polar surface area (TPSA) is 38.9 Å². The van der Waals surface area contributed by atoms with Crippen molar-refractivity contribution in [2.24, 2.45) is 5.73 Å². The summed E-state index contributed by atoms with van der Waals surface area (Å²) in [6, 6.07) is 10.7. The fourth-order valence-corrected chi connectivity index (χ4v) is 3.66. The minimum Gasteiger partial charge on any atom is -0.325 e. The molecule has 1 aromatic heterocycles. The van der Waals surface area contributed by atoms with Crippen molar-refractivity contribution in [1.29, 1.82) is 0 Å². The molecule has 0 saturated carbocycles. The third-order valence-corrected chi connectivity index (χ3v) is 4.80. The number of hydrogen-bond acceptors (Lipinski definition) is 3. The molecule has 0 spiro atoms. The quantitative estimate of drug-likeness (QED) is 0.890. The molecule has 2 N–H and O–H groups in total. The highest BCUT2D eigenvalue weighted by atomic mass is 32.1. The van der Waals surface area contributed by atoms with Gasteiger partial charge in [0.25, 0.3) is 0 Å². The normalized spacial score (nSPS) is 11.7. The Morgan fingerprint density at radius 2 is 1.83 bits per heavy atom. The second kappa shape index (κ2) is 5.63. The van der Waals surface area contributed by atoms with E-state index in [9.17, 15) is 0 Å². The fraction of sp³-hybridized carbons (Fsp3) is 0.400. The molecule has 1 heterocycles. The maximum absolute atomic E-state index is 5.67. The zero-order chi connectivity index (χ0) is 13.0. The third kappa shape index (κ3) is 2.20. The summed E-state index contributed by atoms with van der Waals surface area (Å²) < 4.78 is 0. The first kappa shape index (κ1) is 13.2. The SMILES string of the molecule is CCC(CC)(c1ccccc1)c1nc(CN)cs1. The van der Waals surface area contributed by atoms with Crippen LogP contribution in [0.15, 0.2) is 35.7 Å². The van der Waals surface area contributed by atoms with E-state index in [2.05, 4.69) is 49.6 Å². The van der Waals surface area contributed by atoms with Crippen molar-refractivity contribution in [1.82, 2.24) is 4.98 Å². The van der Waals surface area contributed by atoms with Gasteiger partial charge in [0.2, 0.25) is 0 Å². The first-order chi connectivity index (χ1) is 8.76. The van der Waals surface area contributed by atoms with Gasteiger partial charge in [0.05, 0.1) is 5.69 Å². The molecule has 0 amide bonds. The van der Waals surface area contributed by atoms with E-state index in [-0.39, 0.29) is 5.41 Å². The van der Waals surface area contributed by atoms with Gasteiger partial charge in [-0.2, -0.15) is 0 Å². The summed E-state index contributed by atoms with van der Waals surface area (Å²) in [4.78, 5) is 4.71. The maximum Gasteiger partial charge on any atom is 0.103 e. The second-order valence-electron chi connectivity index (χ2n) is 4.50. The van der Waals surface area contributed by atoms with Crippen LogP contribution in [0, 0.1) is 0 Å². The van der Waals surface area contributed by atoms with Crippen molar-refractivity contribution in [3.05, 3.63) is 52.0 Å². The Morgan fingerprint density at radius 1 is 1.17 bits per heavy atom. The van der Waals surface area contributed by atoms with Crippen molar-refractivity contribution >= 4 is 11.3 Å². The summed E-state index contributed by atoms with van der Waals surface area (Å²) in [5.41, 5.74) is 8.07. The van der Waals surface area contributed by atoms with Crippen LogP contribution < -0.4 is 5.73 Å². The summed E-state index contributed by atoms with van der Waals surface area (Å²) >= 11 is 1.73. The minimum atomic E-state index is 0.0410. The number of thiazole rings is 1. The predicted octanol–water partition coefficient (Wildman–Crippen LogP) is 3.71. The lowest BCUT2D eigenvalue weighted by molar-refractivity contribution is 0.474. The molecule has 96 valence electrons. The summed E-state index contributed by atoms with van der Waals surface area (Å²) in [5.74, 6) is 0. The summed E-state index contributed by atoms with van der Waals surface area (Å²) in [6.45, 7) is 4.99. The first-order valence-electron chi connectivity index (χ1n) is 6.47. The van der Waals surface area contributed by atoms with Crippen molar-refractivity contribution in [3.63, 3.8) is 0 Å². The van der Waals surface area contributed by atoms with Gasteiger partial charge in [-0.1, -0.05) is 44.2 Å². The van der Waals surface area contributed by atoms with E-state index in [1.165, 1.54) is 10.6 Å². The van der Waals surface area contributed by atoms with Crippen molar-refractivity contribution in [3.8, 4) is 0 Å². The minimum absolute atomic E-state index is 0.0410. The molecule has 1 aromatic carbocycles. The average Bonchev–Trinajstić information content (AvgIpc) is 2.91. The van der Waals surface area contributed by atoms with Crippen LogP contribution in [0.4, 0.5) is 0 Å². The molecule has 0 atom stereocenters. The van der Waals surface area contributed by atoms with E-state index < -0.39 is 0 Å². The Balaban J connectivity index is 2.50. The van der Waals surface area contributed by atoms with Crippen LogP contribution in [-0.4, -0.2) is 4.98 Å². The van der Waals surface area contributed by atoms with E-state index >= 15 is 0 Å². The van der Waals surface area contributed by atoms with E-state index in [0.717, 1.165) is 18.5 Å². The zero-order valence-corrected chi connectivity index (χ0v) is 11.8. The summed E-state index contributed by atoms with van der Waals surface area (Å²) in [6.07, 6.45) is 2.12. The highest BCUT2D eigenvalue weighted by Crippen LogP contribution is 2.40. The molecule has 0 fully saturated rings. The van der Waals surface area contributed by atoms with Gasteiger partial charge in [-0.05, 0) is 18.4 Å². The van der Waals surface area contributed by atoms with Crippen molar-refractivity contribution in [2.45, 2.75) is 38.6 Å². The molecule has 3 heteroatoms. The van der Waals surface area contributed by atoms with Gasteiger partial charge in [0, 0.05) is 17.3 Å². The van der Waals surface area contributed by atoms with Crippen LogP contribution in [0.2, 0.25) is 0 Å². The molecular formula is C15H20N2S. The summed E-state index contributed by atoms with van der Waals surface area (Å²) in [5, 5.41) is 3.28. The lowest BCUT2D eigenvalue weighted by Gasteiger charge is -2.30. The van der Waals surface area contributed by atoms with Gasteiger partial charge in [0.1, 0.15) is 5.01 Å². The molecule has 0 unspecified atom stereocenters. The number of aromatic nitrogens is 1. The number of rotatable bonds is 5. The number of benzene rings is 1. The van der Waals surface area contributed by atoms with Crippen LogP contribution in [0.5, 0.6) is 0 Å².